The van der Waals surface area contributed by atoms with Gasteiger partial charge in [-0.25, -0.2) is 13.1 Å². The minimum atomic E-state index is -3.55. The van der Waals surface area contributed by atoms with Crippen molar-refractivity contribution in [3.63, 3.8) is 0 Å². The molecule has 1 fully saturated rings. The SMILES string of the molecule is Cc1nc(-c2ccccc2)ccc1C(=O)N1CCC(NS(=O)(=O)c2ccccc2)CC1. The molecule has 0 atom stereocenters. The Morgan fingerprint density at radius 1 is 0.935 bits per heavy atom. The lowest BCUT2D eigenvalue weighted by Gasteiger charge is -2.32. The molecule has 1 N–H and O–H groups in total. The highest BCUT2D eigenvalue weighted by atomic mass is 32.2. The third-order valence-electron chi connectivity index (χ3n) is 5.54. The second kappa shape index (κ2) is 8.99. The van der Waals surface area contributed by atoms with Gasteiger partial charge in [0.05, 0.1) is 21.8 Å². The Labute approximate surface area is 183 Å². The summed E-state index contributed by atoms with van der Waals surface area (Å²) in [7, 11) is -3.55. The molecule has 1 aromatic heterocycles. The summed E-state index contributed by atoms with van der Waals surface area (Å²) in [5.74, 6) is -0.0611. The number of carbonyl (C=O) groups is 1. The standard InChI is InChI=1S/C24H25N3O3S/c1-18-22(12-13-23(25-18)19-8-4-2-5-9-19)24(28)27-16-14-20(15-17-27)26-31(29,30)21-10-6-3-7-11-21/h2-13,20,26H,14-17H2,1H3. The van der Waals surface area contributed by atoms with E-state index in [4.69, 9.17) is 0 Å². The molecule has 6 nitrogen and oxygen atoms in total. The lowest BCUT2D eigenvalue weighted by Crippen LogP contribution is -2.46. The number of benzene rings is 2. The first-order valence-electron chi connectivity index (χ1n) is 10.3. The molecule has 0 unspecified atom stereocenters. The molecular formula is C24H25N3O3S. The van der Waals surface area contributed by atoms with Gasteiger partial charge >= 0.3 is 0 Å². The third-order valence-corrected chi connectivity index (χ3v) is 7.08. The Balaban J connectivity index is 1.39. The molecule has 1 amide bonds. The number of carbonyl (C=O) groups excluding carboxylic acids is 1. The number of likely N-dealkylation sites (tertiary alicyclic amines) is 1. The molecular weight excluding hydrogens is 410 g/mol. The van der Waals surface area contributed by atoms with E-state index in [1.54, 1.807) is 35.2 Å². The fraction of sp³-hybridized carbons (Fsp3) is 0.250. The number of pyridine rings is 1. The highest BCUT2D eigenvalue weighted by Crippen LogP contribution is 2.21. The summed E-state index contributed by atoms with van der Waals surface area (Å²) in [6, 6.07) is 21.7. The molecule has 2 heterocycles. The van der Waals surface area contributed by atoms with Gasteiger partial charge in [0.15, 0.2) is 0 Å². The van der Waals surface area contributed by atoms with Gasteiger partial charge in [0, 0.05) is 24.7 Å². The van der Waals surface area contributed by atoms with E-state index in [2.05, 4.69) is 9.71 Å². The van der Waals surface area contributed by atoms with E-state index in [1.807, 2.05) is 49.4 Å². The van der Waals surface area contributed by atoms with Crippen LogP contribution in [0.15, 0.2) is 77.7 Å². The van der Waals surface area contributed by atoms with Gasteiger partial charge < -0.3 is 4.90 Å². The van der Waals surface area contributed by atoms with Crippen LogP contribution >= 0.6 is 0 Å². The quantitative estimate of drug-likeness (QED) is 0.664. The number of nitrogens with one attached hydrogen (secondary N) is 1. The molecule has 2 aromatic carbocycles. The van der Waals surface area contributed by atoms with Crippen LogP contribution in [-0.2, 0) is 10.0 Å². The molecule has 0 aliphatic carbocycles. The van der Waals surface area contributed by atoms with Crippen molar-refractivity contribution in [2.45, 2.75) is 30.7 Å². The minimum Gasteiger partial charge on any atom is -0.338 e. The zero-order valence-electron chi connectivity index (χ0n) is 17.4. The monoisotopic (exact) mass is 435 g/mol. The number of hydrogen-bond donors (Lipinski definition) is 1. The lowest BCUT2D eigenvalue weighted by molar-refractivity contribution is 0.0710. The van der Waals surface area contributed by atoms with Crippen LogP contribution in [0, 0.1) is 6.92 Å². The molecule has 1 saturated heterocycles. The van der Waals surface area contributed by atoms with E-state index in [0.29, 0.717) is 37.2 Å². The number of aryl methyl sites for hydroxylation is 1. The smallest absolute Gasteiger partial charge is 0.255 e. The van der Waals surface area contributed by atoms with E-state index >= 15 is 0 Å². The van der Waals surface area contributed by atoms with E-state index in [0.717, 1.165) is 11.3 Å². The predicted molar refractivity (Wildman–Crippen MR) is 120 cm³/mol. The molecule has 7 heteroatoms. The topological polar surface area (TPSA) is 79.4 Å². The van der Waals surface area contributed by atoms with Crippen LogP contribution in [0.4, 0.5) is 0 Å². The van der Waals surface area contributed by atoms with Crippen molar-refractivity contribution < 1.29 is 13.2 Å². The van der Waals surface area contributed by atoms with E-state index < -0.39 is 10.0 Å². The fourth-order valence-corrected chi connectivity index (χ4v) is 5.14. The van der Waals surface area contributed by atoms with E-state index in [-0.39, 0.29) is 16.8 Å². The summed E-state index contributed by atoms with van der Waals surface area (Å²) in [5, 5.41) is 0. The molecule has 1 aliphatic rings. The average molecular weight is 436 g/mol. The van der Waals surface area contributed by atoms with Gasteiger partial charge in [-0.3, -0.25) is 9.78 Å². The average Bonchev–Trinajstić information content (AvgIpc) is 2.80. The van der Waals surface area contributed by atoms with Crippen LogP contribution in [0.1, 0.15) is 28.9 Å². The van der Waals surface area contributed by atoms with Crippen LogP contribution in [0.25, 0.3) is 11.3 Å². The molecule has 0 bridgehead atoms. The Hall–Kier alpha value is -3.03. The van der Waals surface area contributed by atoms with Crippen LogP contribution < -0.4 is 4.72 Å². The molecule has 0 spiro atoms. The van der Waals surface area contributed by atoms with Crippen LogP contribution in [-0.4, -0.2) is 43.3 Å². The third kappa shape index (κ3) is 4.84. The number of aromatic nitrogens is 1. The van der Waals surface area contributed by atoms with Gasteiger partial charge in [0.1, 0.15) is 0 Å². The largest absolute Gasteiger partial charge is 0.338 e. The fourth-order valence-electron chi connectivity index (χ4n) is 3.81. The van der Waals surface area contributed by atoms with Gasteiger partial charge in [-0.15, -0.1) is 0 Å². The van der Waals surface area contributed by atoms with Gasteiger partial charge in [0.25, 0.3) is 5.91 Å². The summed E-state index contributed by atoms with van der Waals surface area (Å²) >= 11 is 0. The van der Waals surface area contributed by atoms with Crippen molar-refractivity contribution in [3.05, 3.63) is 84.1 Å². The maximum Gasteiger partial charge on any atom is 0.255 e. The molecule has 0 radical (unpaired) electrons. The molecule has 3 aromatic rings. The van der Waals surface area contributed by atoms with Gasteiger partial charge in [-0.2, -0.15) is 0 Å². The first-order valence-corrected chi connectivity index (χ1v) is 11.8. The van der Waals surface area contributed by atoms with Gasteiger partial charge in [-0.1, -0.05) is 48.5 Å². The number of nitrogens with zero attached hydrogens (tertiary/aromatic N) is 2. The van der Waals surface area contributed by atoms with E-state index in [9.17, 15) is 13.2 Å². The molecule has 1 aliphatic heterocycles. The van der Waals surface area contributed by atoms with Crippen LogP contribution in [0.2, 0.25) is 0 Å². The Morgan fingerprint density at radius 3 is 2.16 bits per heavy atom. The first-order chi connectivity index (χ1) is 14.9. The van der Waals surface area contributed by atoms with Crippen molar-refractivity contribution in [2.75, 3.05) is 13.1 Å². The molecule has 0 saturated carbocycles. The second-order valence-electron chi connectivity index (χ2n) is 7.70. The van der Waals surface area contributed by atoms with Crippen molar-refractivity contribution in [1.82, 2.24) is 14.6 Å². The van der Waals surface area contributed by atoms with Crippen molar-refractivity contribution >= 4 is 15.9 Å². The highest BCUT2D eigenvalue weighted by Gasteiger charge is 2.28. The lowest BCUT2D eigenvalue weighted by atomic mass is 10.0. The normalized spacial score (nSPS) is 15.1. The van der Waals surface area contributed by atoms with Crippen molar-refractivity contribution in [2.24, 2.45) is 0 Å². The maximum absolute atomic E-state index is 13.0. The number of sulfonamides is 1. The maximum atomic E-state index is 13.0. The predicted octanol–water partition coefficient (Wildman–Crippen LogP) is 3.64. The number of rotatable bonds is 5. The van der Waals surface area contributed by atoms with Crippen molar-refractivity contribution in [3.8, 4) is 11.3 Å². The van der Waals surface area contributed by atoms with Crippen LogP contribution in [0.3, 0.4) is 0 Å². The minimum absolute atomic E-state index is 0.0611. The molecule has 31 heavy (non-hydrogen) atoms. The van der Waals surface area contributed by atoms with E-state index in [1.165, 1.54) is 0 Å². The van der Waals surface area contributed by atoms with Crippen LogP contribution in [0.5, 0.6) is 0 Å². The number of hydrogen-bond acceptors (Lipinski definition) is 4. The van der Waals surface area contributed by atoms with Gasteiger partial charge in [-0.05, 0) is 44.0 Å². The zero-order valence-corrected chi connectivity index (χ0v) is 18.2. The van der Waals surface area contributed by atoms with Gasteiger partial charge in [0.2, 0.25) is 10.0 Å². The second-order valence-corrected chi connectivity index (χ2v) is 9.41. The summed E-state index contributed by atoms with van der Waals surface area (Å²) in [5.41, 5.74) is 3.13. The summed E-state index contributed by atoms with van der Waals surface area (Å²) in [4.78, 5) is 19.7. The first kappa shape index (κ1) is 21.2. The van der Waals surface area contributed by atoms with Crippen molar-refractivity contribution in [1.29, 1.82) is 0 Å². The number of amides is 1. The molecule has 4 rings (SSSR count). The summed E-state index contributed by atoms with van der Waals surface area (Å²) < 4.78 is 27.8. The Morgan fingerprint density at radius 2 is 1.55 bits per heavy atom. The summed E-state index contributed by atoms with van der Waals surface area (Å²) in [6.07, 6.45) is 1.15. The Kier molecular flexibility index (Phi) is 6.15. The zero-order chi connectivity index (χ0) is 21.8. The Bertz CT molecular complexity index is 1160. The highest BCUT2D eigenvalue weighted by molar-refractivity contribution is 7.89. The molecule has 160 valence electrons. The summed E-state index contributed by atoms with van der Waals surface area (Å²) in [6.45, 7) is 2.85. The number of piperidine rings is 1.